The summed E-state index contributed by atoms with van der Waals surface area (Å²) in [7, 11) is -4.10. The second kappa shape index (κ2) is 12.4. The van der Waals surface area contributed by atoms with Crippen LogP contribution in [0, 0.1) is 5.92 Å². The first-order valence-corrected chi connectivity index (χ1v) is 13.9. The van der Waals surface area contributed by atoms with Crippen LogP contribution in [0.1, 0.15) is 38.8 Å². The lowest BCUT2D eigenvalue weighted by molar-refractivity contribution is 0.0980. The Hall–Kier alpha value is -3.41. The van der Waals surface area contributed by atoms with Crippen LogP contribution in [0.2, 0.25) is 0 Å². The third-order valence-corrected chi connectivity index (χ3v) is 7.79. The number of aromatic hydroxyl groups is 1. The van der Waals surface area contributed by atoms with Gasteiger partial charge in [0, 0.05) is 36.2 Å². The third-order valence-electron chi connectivity index (χ3n) is 5.96. The van der Waals surface area contributed by atoms with Crippen molar-refractivity contribution in [1.29, 1.82) is 0 Å². The molecule has 3 rings (SSSR count). The van der Waals surface area contributed by atoms with Gasteiger partial charge in [-0.25, -0.2) is 13.2 Å². The van der Waals surface area contributed by atoms with Crippen LogP contribution in [0.3, 0.4) is 0 Å². The maximum atomic E-state index is 13.8. The van der Waals surface area contributed by atoms with E-state index >= 15 is 0 Å². The number of hydrogen-bond acceptors (Lipinski definition) is 6. The average molecular weight is 545 g/mol. The summed E-state index contributed by atoms with van der Waals surface area (Å²) in [6, 6.07) is 12.6. The summed E-state index contributed by atoms with van der Waals surface area (Å²) in [6.45, 7) is 7.30. The fraction of sp³-hybridized carbons (Fsp3) is 0.407. The number of aliphatic hydroxyl groups excluding tert-OH is 1. The number of aromatic nitrogens is 1. The van der Waals surface area contributed by atoms with Crippen molar-refractivity contribution in [2.75, 3.05) is 13.1 Å². The Morgan fingerprint density at radius 2 is 1.79 bits per heavy atom. The fourth-order valence-electron chi connectivity index (χ4n) is 4.17. The molecule has 0 bridgehead atoms. The zero-order chi connectivity index (χ0) is 28.0. The van der Waals surface area contributed by atoms with Crippen molar-refractivity contribution < 1.29 is 28.5 Å². The summed E-state index contributed by atoms with van der Waals surface area (Å²) in [5, 5.41) is 33.6. The minimum atomic E-state index is -4.10. The standard InChI is InChI=1S/C27H36N4O6S/c1-17(2)15-31(16-25(32)24(30-27(34)35)12-19-8-6-5-7-9-19)38(36,37)20-10-11-23-21(13-20)22(26(33)29-23)14-28-18(3)4/h5-11,13-14,17-18,24-25,29-30,32-33H,12,15-16H2,1-4H3,(H,34,35). The highest BCUT2D eigenvalue weighted by atomic mass is 32.2. The normalized spacial score (nSPS) is 14.1. The molecule has 10 nitrogen and oxygen atoms in total. The number of carboxylic acid groups (broad SMARTS) is 1. The maximum Gasteiger partial charge on any atom is 0.404 e. The Labute approximate surface area is 223 Å². The van der Waals surface area contributed by atoms with Crippen molar-refractivity contribution in [2.45, 2.75) is 57.2 Å². The van der Waals surface area contributed by atoms with Gasteiger partial charge in [-0.2, -0.15) is 4.31 Å². The molecule has 206 valence electrons. The van der Waals surface area contributed by atoms with Gasteiger partial charge in [0.25, 0.3) is 0 Å². The van der Waals surface area contributed by atoms with Crippen molar-refractivity contribution >= 4 is 33.2 Å². The molecule has 1 amide bonds. The number of sulfonamides is 1. The van der Waals surface area contributed by atoms with E-state index in [2.05, 4.69) is 15.3 Å². The molecule has 2 unspecified atom stereocenters. The molecule has 0 spiro atoms. The molecular weight excluding hydrogens is 508 g/mol. The van der Waals surface area contributed by atoms with E-state index in [0.29, 0.717) is 16.5 Å². The van der Waals surface area contributed by atoms with E-state index in [-0.39, 0.29) is 42.2 Å². The van der Waals surface area contributed by atoms with Crippen LogP contribution in [0.15, 0.2) is 58.4 Å². The number of carbonyl (C=O) groups is 1. The molecular formula is C27H36N4O6S. The number of benzene rings is 2. The molecule has 3 aromatic rings. The van der Waals surface area contributed by atoms with Gasteiger partial charge in [0.1, 0.15) is 0 Å². The Kier molecular flexibility index (Phi) is 9.53. The monoisotopic (exact) mass is 544 g/mol. The molecule has 1 aromatic heterocycles. The lowest BCUT2D eigenvalue weighted by atomic mass is 10.0. The number of rotatable bonds is 12. The number of hydrogen-bond donors (Lipinski definition) is 5. The third kappa shape index (κ3) is 7.33. The summed E-state index contributed by atoms with van der Waals surface area (Å²) in [5.74, 6) is -0.178. The van der Waals surface area contributed by atoms with Crippen molar-refractivity contribution in [3.63, 3.8) is 0 Å². The minimum absolute atomic E-state index is 0.0122. The lowest BCUT2D eigenvalue weighted by Crippen LogP contribution is -2.50. The highest BCUT2D eigenvalue weighted by Gasteiger charge is 2.31. The lowest BCUT2D eigenvalue weighted by Gasteiger charge is -2.30. The quantitative estimate of drug-likeness (QED) is 0.220. The molecule has 1 heterocycles. The molecule has 0 saturated carbocycles. The number of aliphatic hydroxyl groups is 1. The Morgan fingerprint density at radius 1 is 1.11 bits per heavy atom. The summed E-state index contributed by atoms with van der Waals surface area (Å²) in [5.41, 5.74) is 1.74. The first-order valence-electron chi connectivity index (χ1n) is 12.5. The van der Waals surface area contributed by atoms with E-state index in [9.17, 15) is 28.5 Å². The molecule has 0 radical (unpaired) electrons. The fourth-order valence-corrected chi connectivity index (χ4v) is 5.81. The largest absolute Gasteiger partial charge is 0.494 e. The number of H-pyrrole nitrogens is 1. The van der Waals surface area contributed by atoms with Crippen molar-refractivity contribution in [3.8, 4) is 5.88 Å². The number of nitrogens with zero attached hydrogens (tertiary/aromatic N) is 2. The average Bonchev–Trinajstić information content (AvgIpc) is 3.15. The van der Waals surface area contributed by atoms with Gasteiger partial charge in [-0.15, -0.1) is 0 Å². The summed E-state index contributed by atoms with van der Waals surface area (Å²) in [6.07, 6.45) is -0.918. The Balaban J connectivity index is 1.96. The van der Waals surface area contributed by atoms with E-state index in [1.165, 1.54) is 22.7 Å². The predicted octanol–water partition coefficient (Wildman–Crippen LogP) is 3.59. The van der Waals surface area contributed by atoms with Crippen molar-refractivity contribution in [1.82, 2.24) is 14.6 Å². The van der Waals surface area contributed by atoms with Gasteiger partial charge in [0.15, 0.2) is 5.88 Å². The van der Waals surface area contributed by atoms with E-state index in [1.54, 1.807) is 6.07 Å². The summed E-state index contributed by atoms with van der Waals surface area (Å²) < 4.78 is 28.8. The van der Waals surface area contributed by atoms with Gasteiger partial charge in [-0.1, -0.05) is 44.2 Å². The molecule has 11 heteroatoms. The highest BCUT2D eigenvalue weighted by Crippen LogP contribution is 2.29. The van der Waals surface area contributed by atoms with Crippen LogP contribution in [-0.2, 0) is 16.4 Å². The first kappa shape index (κ1) is 29.2. The molecule has 5 N–H and O–H groups in total. The van der Waals surface area contributed by atoms with Crippen LogP contribution in [0.4, 0.5) is 4.79 Å². The van der Waals surface area contributed by atoms with Gasteiger partial charge >= 0.3 is 6.09 Å². The van der Waals surface area contributed by atoms with Crippen LogP contribution in [0.5, 0.6) is 5.88 Å². The van der Waals surface area contributed by atoms with Gasteiger partial charge in [-0.05, 0) is 49.9 Å². The first-order chi connectivity index (χ1) is 17.9. The van der Waals surface area contributed by atoms with Crippen molar-refractivity contribution in [2.24, 2.45) is 10.9 Å². The number of aliphatic imine (C=N–C) groups is 1. The van der Waals surface area contributed by atoms with Gasteiger partial charge in [0.2, 0.25) is 10.0 Å². The van der Waals surface area contributed by atoms with Gasteiger partial charge < -0.3 is 25.6 Å². The van der Waals surface area contributed by atoms with E-state index in [1.807, 2.05) is 58.0 Å². The topological polar surface area (TPSA) is 155 Å². The van der Waals surface area contributed by atoms with Gasteiger partial charge in [-0.3, -0.25) is 4.99 Å². The van der Waals surface area contributed by atoms with E-state index in [0.717, 1.165) is 5.56 Å². The number of aromatic amines is 1. The zero-order valence-electron chi connectivity index (χ0n) is 22.0. The SMILES string of the molecule is CC(C)CN(CC(O)C(Cc1ccccc1)NC(=O)O)S(=O)(=O)c1ccc2[nH]c(O)c(C=NC(C)C)c2c1. The smallest absolute Gasteiger partial charge is 0.404 e. The van der Waals surface area contributed by atoms with Crippen LogP contribution in [-0.4, -0.2) is 76.6 Å². The summed E-state index contributed by atoms with van der Waals surface area (Å²) >= 11 is 0. The molecule has 2 atom stereocenters. The molecule has 0 aliphatic carbocycles. The molecule has 0 aliphatic heterocycles. The number of amides is 1. The van der Waals surface area contributed by atoms with Crippen molar-refractivity contribution in [3.05, 3.63) is 59.7 Å². The zero-order valence-corrected chi connectivity index (χ0v) is 22.8. The second-order valence-corrected chi connectivity index (χ2v) is 11.9. The van der Waals surface area contributed by atoms with E-state index in [4.69, 9.17) is 0 Å². The molecule has 0 fully saturated rings. The number of nitrogens with one attached hydrogen (secondary N) is 2. The van der Waals surface area contributed by atoms with E-state index < -0.39 is 28.3 Å². The van der Waals surface area contributed by atoms with Crippen LogP contribution < -0.4 is 5.32 Å². The number of fused-ring (bicyclic) bond motifs is 1. The highest BCUT2D eigenvalue weighted by molar-refractivity contribution is 7.89. The minimum Gasteiger partial charge on any atom is -0.494 e. The Morgan fingerprint density at radius 3 is 2.39 bits per heavy atom. The molecule has 38 heavy (non-hydrogen) atoms. The maximum absolute atomic E-state index is 13.8. The van der Waals surface area contributed by atoms with Crippen LogP contribution in [0.25, 0.3) is 10.9 Å². The Bertz CT molecular complexity index is 1370. The van der Waals surface area contributed by atoms with Gasteiger partial charge in [0.05, 0.1) is 22.6 Å². The second-order valence-electron chi connectivity index (χ2n) is 10.00. The molecule has 0 aliphatic rings. The predicted molar refractivity (Wildman–Crippen MR) is 147 cm³/mol. The molecule has 0 saturated heterocycles. The molecule has 2 aromatic carbocycles. The van der Waals surface area contributed by atoms with Crippen LogP contribution >= 0.6 is 0 Å². The summed E-state index contributed by atoms with van der Waals surface area (Å²) in [4.78, 5) is 18.6.